The van der Waals surface area contributed by atoms with Gasteiger partial charge in [-0.2, -0.15) is 0 Å². The molecule has 0 aliphatic rings. The molecule has 0 heterocycles. The Labute approximate surface area is 171 Å². The molecule has 0 spiro atoms. The SMILES string of the molecule is COc1ccc(S(=O)(=O)NC(c2ccccc2)[C@@H](N)c2ccccc2)c(OC)c1. The molecule has 0 amide bonds. The summed E-state index contributed by atoms with van der Waals surface area (Å²) in [4.78, 5) is 0.0157. The third kappa shape index (κ3) is 4.76. The summed E-state index contributed by atoms with van der Waals surface area (Å²) in [6.45, 7) is 0. The number of hydrogen-bond donors (Lipinski definition) is 2. The van der Waals surface area contributed by atoms with Gasteiger partial charge in [0.25, 0.3) is 0 Å². The van der Waals surface area contributed by atoms with Gasteiger partial charge >= 0.3 is 0 Å². The van der Waals surface area contributed by atoms with Crippen LogP contribution < -0.4 is 19.9 Å². The van der Waals surface area contributed by atoms with Gasteiger partial charge in [0, 0.05) is 6.07 Å². The van der Waals surface area contributed by atoms with Crippen molar-refractivity contribution >= 4 is 10.0 Å². The summed E-state index contributed by atoms with van der Waals surface area (Å²) in [6.07, 6.45) is 0. The van der Waals surface area contributed by atoms with E-state index in [9.17, 15) is 8.42 Å². The zero-order valence-electron chi connectivity index (χ0n) is 16.3. The molecular formula is C22H24N2O4S. The Balaban J connectivity index is 2.01. The normalized spacial score (nSPS) is 13.5. The lowest BCUT2D eigenvalue weighted by molar-refractivity contribution is 0.385. The van der Waals surface area contributed by atoms with Crippen LogP contribution in [0.5, 0.6) is 11.5 Å². The Bertz CT molecular complexity index is 1040. The maximum atomic E-state index is 13.2. The molecule has 0 fully saturated rings. The van der Waals surface area contributed by atoms with Gasteiger partial charge in [-0.15, -0.1) is 0 Å². The van der Waals surface area contributed by atoms with Crippen molar-refractivity contribution in [3.63, 3.8) is 0 Å². The van der Waals surface area contributed by atoms with Crippen molar-refractivity contribution in [2.24, 2.45) is 5.73 Å². The standard InChI is InChI=1S/C22H24N2O4S/c1-27-18-13-14-20(19(15-18)28-2)29(25,26)24-22(17-11-7-4-8-12-17)21(23)16-9-5-3-6-10-16/h3-15,21-22,24H,23H2,1-2H3/t21-,22?/m0/s1. The van der Waals surface area contributed by atoms with Gasteiger partial charge < -0.3 is 15.2 Å². The van der Waals surface area contributed by atoms with E-state index in [0.717, 1.165) is 11.1 Å². The highest BCUT2D eigenvalue weighted by Gasteiger charge is 2.29. The number of rotatable bonds is 8. The Hall–Kier alpha value is -2.87. The second-order valence-corrected chi connectivity index (χ2v) is 8.15. The maximum Gasteiger partial charge on any atom is 0.244 e. The lowest BCUT2D eigenvalue weighted by atomic mass is 9.95. The van der Waals surface area contributed by atoms with E-state index >= 15 is 0 Å². The van der Waals surface area contributed by atoms with Crippen LogP contribution in [0.4, 0.5) is 0 Å². The molecule has 1 unspecified atom stereocenters. The van der Waals surface area contributed by atoms with Crippen molar-refractivity contribution in [2.45, 2.75) is 17.0 Å². The summed E-state index contributed by atoms with van der Waals surface area (Å²) in [5.74, 6) is 0.693. The summed E-state index contributed by atoms with van der Waals surface area (Å²) < 4.78 is 39.7. The molecule has 0 aliphatic carbocycles. The van der Waals surface area contributed by atoms with Gasteiger partial charge in [-0.3, -0.25) is 0 Å². The van der Waals surface area contributed by atoms with Crippen LogP contribution in [0.15, 0.2) is 83.8 Å². The molecule has 0 saturated heterocycles. The van der Waals surface area contributed by atoms with E-state index in [1.54, 1.807) is 6.07 Å². The van der Waals surface area contributed by atoms with Crippen LogP contribution >= 0.6 is 0 Å². The number of nitrogens with one attached hydrogen (secondary N) is 1. The highest BCUT2D eigenvalue weighted by Crippen LogP contribution is 2.32. The van der Waals surface area contributed by atoms with E-state index in [2.05, 4.69) is 4.72 Å². The molecule has 152 valence electrons. The van der Waals surface area contributed by atoms with Gasteiger partial charge in [-0.05, 0) is 23.3 Å². The first-order chi connectivity index (χ1) is 14.0. The molecule has 3 aromatic rings. The molecule has 29 heavy (non-hydrogen) atoms. The molecular weight excluding hydrogens is 388 g/mol. The van der Waals surface area contributed by atoms with Crippen LogP contribution in [0.1, 0.15) is 23.2 Å². The zero-order valence-corrected chi connectivity index (χ0v) is 17.1. The Morgan fingerprint density at radius 1 is 0.828 bits per heavy atom. The molecule has 0 bridgehead atoms. The quantitative estimate of drug-likeness (QED) is 0.592. The van der Waals surface area contributed by atoms with Gasteiger partial charge in [-0.25, -0.2) is 13.1 Å². The number of benzene rings is 3. The minimum absolute atomic E-state index is 0.0157. The molecule has 0 saturated carbocycles. The fraction of sp³-hybridized carbons (Fsp3) is 0.182. The van der Waals surface area contributed by atoms with Gasteiger partial charge in [0.05, 0.1) is 26.3 Å². The molecule has 6 nitrogen and oxygen atoms in total. The first kappa shape index (κ1) is 20.9. The average Bonchev–Trinajstić information content (AvgIpc) is 2.77. The lowest BCUT2D eigenvalue weighted by Gasteiger charge is -2.26. The molecule has 0 aromatic heterocycles. The second kappa shape index (κ2) is 9.09. The fourth-order valence-corrected chi connectivity index (χ4v) is 4.50. The highest BCUT2D eigenvalue weighted by atomic mass is 32.2. The van der Waals surface area contributed by atoms with Crippen molar-refractivity contribution < 1.29 is 17.9 Å². The van der Waals surface area contributed by atoms with Gasteiger partial charge in [0.1, 0.15) is 16.4 Å². The van der Waals surface area contributed by atoms with E-state index in [1.807, 2.05) is 60.7 Å². The fourth-order valence-electron chi connectivity index (χ4n) is 3.10. The average molecular weight is 413 g/mol. The first-order valence-electron chi connectivity index (χ1n) is 9.06. The smallest absolute Gasteiger partial charge is 0.244 e. The molecule has 7 heteroatoms. The van der Waals surface area contributed by atoms with Gasteiger partial charge in [0.15, 0.2) is 0 Å². The lowest BCUT2D eigenvalue weighted by Crippen LogP contribution is -2.36. The molecule has 3 aromatic carbocycles. The van der Waals surface area contributed by atoms with E-state index in [1.165, 1.54) is 26.4 Å². The van der Waals surface area contributed by atoms with Crippen LogP contribution in [0.3, 0.4) is 0 Å². The summed E-state index contributed by atoms with van der Waals surface area (Å²) in [5, 5.41) is 0. The maximum absolute atomic E-state index is 13.2. The largest absolute Gasteiger partial charge is 0.497 e. The summed E-state index contributed by atoms with van der Waals surface area (Å²) in [5.41, 5.74) is 8.08. The van der Waals surface area contributed by atoms with E-state index in [4.69, 9.17) is 15.2 Å². The first-order valence-corrected chi connectivity index (χ1v) is 10.5. The molecule has 3 rings (SSSR count). The molecule has 0 aliphatic heterocycles. The van der Waals surface area contributed by atoms with Crippen LogP contribution in [0.25, 0.3) is 0 Å². The number of nitrogens with two attached hydrogens (primary N) is 1. The van der Waals surface area contributed by atoms with Crippen molar-refractivity contribution in [3.8, 4) is 11.5 Å². The number of hydrogen-bond acceptors (Lipinski definition) is 5. The topological polar surface area (TPSA) is 90.7 Å². The van der Waals surface area contributed by atoms with Crippen molar-refractivity contribution in [1.29, 1.82) is 0 Å². The van der Waals surface area contributed by atoms with Crippen LogP contribution in [0.2, 0.25) is 0 Å². The highest BCUT2D eigenvalue weighted by molar-refractivity contribution is 7.89. The third-order valence-corrected chi connectivity index (χ3v) is 6.13. The number of methoxy groups -OCH3 is 2. The van der Waals surface area contributed by atoms with Gasteiger partial charge in [-0.1, -0.05) is 60.7 Å². The van der Waals surface area contributed by atoms with Crippen LogP contribution in [-0.4, -0.2) is 22.6 Å². The monoisotopic (exact) mass is 412 g/mol. The number of ether oxygens (including phenoxy) is 2. The second-order valence-electron chi connectivity index (χ2n) is 6.46. The van der Waals surface area contributed by atoms with Crippen LogP contribution in [0, 0.1) is 0 Å². The summed E-state index contributed by atoms with van der Waals surface area (Å²) in [7, 11) is -1.02. The predicted molar refractivity (Wildman–Crippen MR) is 112 cm³/mol. The molecule has 3 N–H and O–H groups in total. The van der Waals surface area contributed by atoms with Crippen molar-refractivity contribution in [2.75, 3.05) is 14.2 Å². The van der Waals surface area contributed by atoms with Crippen molar-refractivity contribution in [3.05, 3.63) is 90.0 Å². The molecule has 2 atom stereocenters. The predicted octanol–water partition coefficient (Wildman–Crippen LogP) is 3.42. The zero-order chi connectivity index (χ0) is 20.9. The minimum atomic E-state index is -3.94. The Kier molecular flexibility index (Phi) is 6.53. The minimum Gasteiger partial charge on any atom is -0.497 e. The van der Waals surface area contributed by atoms with E-state index in [0.29, 0.717) is 5.75 Å². The van der Waals surface area contributed by atoms with Crippen molar-refractivity contribution in [1.82, 2.24) is 4.72 Å². The molecule has 0 radical (unpaired) electrons. The summed E-state index contributed by atoms with van der Waals surface area (Å²) in [6, 6.07) is 22.0. The third-order valence-electron chi connectivity index (χ3n) is 4.64. The van der Waals surface area contributed by atoms with E-state index < -0.39 is 22.1 Å². The Morgan fingerprint density at radius 2 is 1.41 bits per heavy atom. The Morgan fingerprint density at radius 3 is 1.97 bits per heavy atom. The van der Waals surface area contributed by atoms with Crippen LogP contribution in [-0.2, 0) is 10.0 Å². The van der Waals surface area contributed by atoms with Gasteiger partial charge in [0.2, 0.25) is 10.0 Å². The van der Waals surface area contributed by atoms with E-state index in [-0.39, 0.29) is 10.6 Å². The summed E-state index contributed by atoms with van der Waals surface area (Å²) >= 11 is 0. The number of sulfonamides is 1.